The molecule has 0 radical (unpaired) electrons. The van der Waals surface area contributed by atoms with Crippen molar-refractivity contribution < 1.29 is 19.1 Å². The van der Waals surface area contributed by atoms with Gasteiger partial charge < -0.3 is 14.0 Å². The molecule has 3 heterocycles. The van der Waals surface area contributed by atoms with Crippen LogP contribution < -0.4 is 0 Å². The van der Waals surface area contributed by atoms with Crippen LogP contribution >= 0.6 is 0 Å². The van der Waals surface area contributed by atoms with Gasteiger partial charge >= 0.3 is 11.9 Å². The van der Waals surface area contributed by atoms with Crippen molar-refractivity contribution in [1.82, 2.24) is 9.55 Å². The summed E-state index contributed by atoms with van der Waals surface area (Å²) in [5.41, 5.74) is 2.22. The van der Waals surface area contributed by atoms with Gasteiger partial charge in [0.25, 0.3) is 0 Å². The largest absolute Gasteiger partial charge is 0.463 e. The van der Waals surface area contributed by atoms with Crippen LogP contribution in [0.2, 0.25) is 0 Å². The maximum Gasteiger partial charge on any atom is 0.359 e. The molecule has 0 aliphatic carbocycles. The van der Waals surface area contributed by atoms with Crippen molar-refractivity contribution in [3.8, 4) is 11.4 Å². The second-order valence-corrected chi connectivity index (χ2v) is 6.41. The SMILES string of the molecule is O=C(O[C@H]1CCOC1=O)c1nc(-c2ccccc2)n2c1CCCCC2. The number of carbonyl (C=O) groups is 2. The van der Waals surface area contributed by atoms with Crippen molar-refractivity contribution in [2.45, 2.75) is 44.8 Å². The van der Waals surface area contributed by atoms with Crippen molar-refractivity contribution in [3.05, 3.63) is 41.7 Å². The van der Waals surface area contributed by atoms with Crippen molar-refractivity contribution in [2.24, 2.45) is 0 Å². The second-order valence-electron chi connectivity index (χ2n) is 6.41. The number of rotatable bonds is 3. The molecule has 0 amide bonds. The third-order valence-corrected chi connectivity index (χ3v) is 4.73. The van der Waals surface area contributed by atoms with Gasteiger partial charge in [0, 0.05) is 18.5 Å². The fraction of sp³-hybridized carbons (Fsp3) is 0.421. The molecule has 2 aliphatic rings. The average Bonchev–Trinajstić information content (AvgIpc) is 3.11. The van der Waals surface area contributed by atoms with E-state index in [1.807, 2.05) is 30.3 Å². The summed E-state index contributed by atoms with van der Waals surface area (Å²) in [5, 5.41) is 0. The highest BCUT2D eigenvalue weighted by atomic mass is 16.6. The smallest absolute Gasteiger partial charge is 0.359 e. The molecule has 0 saturated carbocycles. The lowest BCUT2D eigenvalue weighted by atomic mass is 10.1. The molecule has 6 heteroatoms. The molecule has 1 aromatic carbocycles. The number of esters is 2. The Morgan fingerprint density at radius 3 is 2.80 bits per heavy atom. The van der Waals surface area contributed by atoms with Crippen LogP contribution in [-0.4, -0.2) is 34.2 Å². The minimum Gasteiger partial charge on any atom is -0.463 e. The van der Waals surface area contributed by atoms with E-state index in [0.717, 1.165) is 49.3 Å². The number of nitrogens with zero attached hydrogens (tertiary/aromatic N) is 2. The highest BCUT2D eigenvalue weighted by molar-refractivity contribution is 5.92. The summed E-state index contributed by atoms with van der Waals surface area (Å²) in [6.45, 7) is 1.14. The van der Waals surface area contributed by atoms with E-state index in [9.17, 15) is 9.59 Å². The molecule has 1 saturated heterocycles. The number of benzene rings is 1. The van der Waals surface area contributed by atoms with Crippen LogP contribution in [0.1, 0.15) is 41.9 Å². The minimum absolute atomic E-state index is 0.299. The Bertz CT molecular complexity index is 797. The number of carbonyl (C=O) groups excluding carboxylic acids is 2. The third-order valence-electron chi connectivity index (χ3n) is 4.73. The van der Waals surface area contributed by atoms with Crippen LogP contribution in [0.4, 0.5) is 0 Å². The van der Waals surface area contributed by atoms with Gasteiger partial charge in [0.2, 0.25) is 6.10 Å². The van der Waals surface area contributed by atoms with Crippen molar-refractivity contribution in [3.63, 3.8) is 0 Å². The lowest BCUT2D eigenvalue weighted by molar-refractivity contribution is -0.145. The van der Waals surface area contributed by atoms with Gasteiger partial charge in [-0.05, 0) is 19.3 Å². The highest BCUT2D eigenvalue weighted by Gasteiger charge is 2.33. The monoisotopic (exact) mass is 340 g/mol. The van der Waals surface area contributed by atoms with Crippen LogP contribution in [0.25, 0.3) is 11.4 Å². The van der Waals surface area contributed by atoms with E-state index in [2.05, 4.69) is 9.55 Å². The van der Waals surface area contributed by atoms with E-state index < -0.39 is 18.0 Å². The first-order valence-corrected chi connectivity index (χ1v) is 8.76. The molecule has 6 nitrogen and oxygen atoms in total. The fourth-order valence-electron chi connectivity index (χ4n) is 3.46. The first-order chi connectivity index (χ1) is 12.2. The van der Waals surface area contributed by atoms with Gasteiger partial charge in [0.15, 0.2) is 5.69 Å². The molecule has 2 aliphatic heterocycles. The number of imidazole rings is 1. The lowest BCUT2D eigenvalue weighted by Crippen LogP contribution is -2.23. The lowest BCUT2D eigenvalue weighted by Gasteiger charge is -2.09. The summed E-state index contributed by atoms with van der Waals surface area (Å²) in [7, 11) is 0. The molecule has 1 atom stereocenters. The number of hydrogen-bond acceptors (Lipinski definition) is 5. The number of fused-ring (bicyclic) bond motifs is 1. The normalized spacial score (nSPS) is 19.8. The van der Waals surface area contributed by atoms with Gasteiger partial charge in [-0.3, -0.25) is 0 Å². The molecule has 130 valence electrons. The van der Waals surface area contributed by atoms with Gasteiger partial charge in [0.1, 0.15) is 5.82 Å². The van der Waals surface area contributed by atoms with E-state index in [1.54, 1.807) is 0 Å². The van der Waals surface area contributed by atoms with Crippen LogP contribution in [0.5, 0.6) is 0 Å². The molecular formula is C19H20N2O4. The van der Waals surface area contributed by atoms with Crippen molar-refractivity contribution in [2.75, 3.05) is 6.61 Å². The maximum atomic E-state index is 12.7. The quantitative estimate of drug-likeness (QED) is 0.804. The van der Waals surface area contributed by atoms with Gasteiger partial charge in [-0.25, -0.2) is 14.6 Å². The fourth-order valence-corrected chi connectivity index (χ4v) is 3.46. The molecule has 4 rings (SSSR count). The molecular weight excluding hydrogens is 320 g/mol. The van der Waals surface area contributed by atoms with E-state index in [4.69, 9.17) is 9.47 Å². The van der Waals surface area contributed by atoms with Gasteiger partial charge in [-0.1, -0.05) is 36.8 Å². The minimum atomic E-state index is -0.809. The Morgan fingerprint density at radius 2 is 2.04 bits per heavy atom. The summed E-state index contributed by atoms with van der Waals surface area (Å²) in [6, 6.07) is 9.85. The predicted octanol–water partition coefficient (Wildman–Crippen LogP) is 2.75. The molecule has 2 aromatic rings. The standard InChI is InChI=1S/C19H20N2O4/c22-18-15(10-12-24-18)25-19(23)16-14-9-5-2-6-11-21(14)17(20-16)13-7-3-1-4-8-13/h1,3-4,7-8,15H,2,5-6,9-12H2/t15-/m0/s1. The van der Waals surface area contributed by atoms with Crippen molar-refractivity contribution >= 4 is 11.9 Å². The van der Waals surface area contributed by atoms with E-state index in [0.29, 0.717) is 18.7 Å². The van der Waals surface area contributed by atoms with Crippen LogP contribution in [0, 0.1) is 0 Å². The van der Waals surface area contributed by atoms with Crippen LogP contribution in [0.15, 0.2) is 30.3 Å². The van der Waals surface area contributed by atoms with Gasteiger partial charge in [-0.2, -0.15) is 0 Å². The summed E-state index contributed by atoms with van der Waals surface area (Å²) in [5.74, 6) is -0.211. The van der Waals surface area contributed by atoms with E-state index in [-0.39, 0.29) is 0 Å². The van der Waals surface area contributed by atoms with Gasteiger partial charge in [0.05, 0.1) is 12.3 Å². The zero-order chi connectivity index (χ0) is 17.2. The second kappa shape index (κ2) is 6.70. The summed E-state index contributed by atoms with van der Waals surface area (Å²) in [4.78, 5) is 28.9. The molecule has 0 N–H and O–H groups in total. The zero-order valence-corrected chi connectivity index (χ0v) is 13.9. The molecule has 0 spiro atoms. The first-order valence-electron chi connectivity index (χ1n) is 8.76. The predicted molar refractivity (Wildman–Crippen MR) is 90.0 cm³/mol. The number of aromatic nitrogens is 2. The molecule has 1 aromatic heterocycles. The maximum absolute atomic E-state index is 12.7. The van der Waals surface area contributed by atoms with Gasteiger partial charge in [-0.15, -0.1) is 0 Å². The average molecular weight is 340 g/mol. The number of cyclic esters (lactones) is 1. The summed E-state index contributed by atoms with van der Waals surface area (Å²) >= 11 is 0. The summed E-state index contributed by atoms with van der Waals surface area (Å²) < 4.78 is 12.4. The Kier molecular flexibility index (Phi) is 4.26. The highest BCUT2D eigenvalue weighted by Crippen LogP contribution is 2.28. The Hall–Kier alpha value is -2.63. The molecule has 0 unspecified atom stereocenters. The van der Waals surface area contributed by atoms with E-state index >= 15 is 0 Å². The third kappa shape index (κ3) is 3.04. The molecule has 0 bridgehead atoms. The molecule has 1 fully saturated rings. The number of ether oxygens (including phenoxy) is 2. The molecule has 25 heavy (non-hydrogen) atoms. The van der Waals surface area contributed by atoms with Crippen LogP contribution in [-0.2, 0) is 27.2 Å². The van der Waals surface area contributed by atoms with Crippen molar-refractivity contribution in [1.29, 1.82) is 0 Å². The number of hydrogen-bond donors (Lipinski definition) is 0. The Labute approximate surface area is 145 Å². The van der Waals surface area contributed by atoms with Crippen LogP contribution in [0.3, 0.4) is 0 Å². The summed E-state index contributed by atoms with van der Waals surface area (Å²) in [6.07, 6.45) is 3.60. The topological polar surface area (TPSA) is 70.4 Å². The Morgan fingerprint density at radius 1 is 1.20 bits per heavy atom. The first kappa shape index (κ1) is 15.9. The zero-order valence-electron chi connectivity index (χ0n) is 13.9. The van der Waals surface area contributed by atoms with E-state index in [1.165, 1.54) is 0 Å². The Balaban J connectivity index is 1.71.